The summed E-state index contributed by atoms with van der Waals surface area (Å²) in [5.74, 6) is -0.217. The smallest absolute Gasteiger partial charge is 0.306 e. The number of anilines is 2. The number of hydrogen-bond acceptors (Lipinski definition) is 10. The third-order valence-corrected chi connectivity index (χ3v) is 7.17. The summed E-state index contributed by atoms with van der Waals surface area (Å²) in [5.41, 5.74) is 2.03. The predicted molar refractivity (Wildman–Crippen MR) is 147 cm³/mol. The third kappa shape index (κ3) is 6.53. The Kier molecular flexibility index (Phi) is 8.55. The number of benzene rings is 1. The van der Waals surface area contributed by atoms with Crippen molar-refractivity contribution in [1.29, 1.82) is 5.26 Å². The van der Waals surface area contributed by atoms with Crippen LogP contribution in [0.25, 0.3) is 11.3 Å². The Bertz CT molecular complexity index is 1460. The van der Waals surface area contributed by atoms with Crippen molar-refractivity contribution in [3.05, 3.63) is 53.7 Å². The number of piperidine rings is 1. The van der Waals surface area contributed by atoms with E-state index in [0.717, 1.165) is 18.4 Å². The number of carbonyl (C=O) groups is 2. The van der Waals surface area contributed by atoms with E-state index in [-0.39, 0.29) is 29.4 Å². The molecule has 2 aliphatic rings. The monoisotopic (exact) mass is 558 g/mol. The van der Waals surface area contributed by atoms with Crippen molar-refractivity contribution in [3.63, 3.8) is 0 Å². The summed E-state index contributed by atoms with van der Waals surface area (Å²) in [6.45, 7) is 2.01. The van der Waals surface area contributed by atoms with Gasteiger partial charge in [-0.2, -0.15) is 10.2 Å². The second-order valence-electron chi connectivity index (χ2n) is 9.80. The molecule has 0 unspecified atom stereocenters. The molecule has 2 aromatic heterocycles. The van der Waals surface area contributed by atoms with E-state index in [1.807, 2.05) is 6.07 Å². The number of likely N-dealkylation sites (tertiary alicyclic amines) is 1. The van der Waals surface area contributed by atoms with E-state index in [9.17, 15) is 20.0 Å². The molecule has 12 heteroatoms. The van der Waals surface area contributed by atoms with Gasteiger partial charge in [-0.3, -0.25) is 9.59 Å². The predicted octanol–water partition coefficient (Wildman–Crippen LogP) is 3.66. The van der Waals surface area contributed by atoms with Gasteiger partial charge in [-0.15, -0.1) is 0 Å². The Balaban J connectivity index is 1.29. The van der Waals surface area contributed by atoms with Crippen LogP contribution in [0.15, 0.2) is 42.6 Å². The molecule has 4 heterocycles. The van der Waals surface area contributed by atoms with Gasteiger partial charge in [0.2, 0.25) is 11.8 Å². The van der Waals surface area contributed by atoms with Gasteiger partial charge in [-0.25, -0.2) is 9.97 Å². The Morgan fingerprint density at radius 2 is 1.88 bits per heavy atom. The first-order valence-electron chi connectivity index (χ1n) is 13.4. The van der Waals surface area contributed by atoms with Crippen LogP contribution in [0.5, 0.6) is 11.6 Å². The molecule has 0 aliphatic carbocycles. The number of hydrogen-bond donors (Lipinski definition) is 2. The van der Waals surface area contributed by atoms with Crippen molar-refractivity contribution in [3.8, 4) is 29.0 Å². The Hall–Kier alpha value is -4.76. The zero-order valence-electron chi connectivity index (χ0n) is 22.6. The molecule has 0 saturated carbocycles. The standard InChI is InChI=1S/C29H30N6O6/c1-39-26-22(27(36)35-12-7-18(8-13-35)28(37)38)3-5-25(33-26)34-29-31-11-6-23(32-29)19-2-4-24(20(16-19)17-30)41-21-9-14-40-15-10-21/h2-6,11,16,18,21H,7-10,12-15H2,1H3,(H,37,38)(H,31,32,33,34). The maximum Gasteiger partial charge on any atom is 0.306 e. The van der Waals surface area contributed by atoms with Gasteiger partial charge >= 0.3 is 5.97 Å². The number of aliphatic carboxylic acids is 1. The van der Waals surface area contributed by atoms with Crippen LogP contribution in [0, 0.1) is 17.2 Å². The molecule has 5 rings (SSSR count). The van der Waals surface area contributed by atoms with Gasteiger partial charge in [0.1, 0.15) is 29.3 Å². The number of ether oxygens (including phenoxy) is 3. The zero-order chi connectivity index (χ0) is 28.8. The number of amides is 1. The molecule has 0 spiro atoms. The summed E-state index contributed by atoms with van der Waals surface area (Å²) in [6.07, 6.45) is 4.00. The van der Waals surface area contributed by atoms with Crippen molar-refractivity contribution in [2.75, 3.05) is 38.7 Å². The molecular formula is C29H30N6O6. The average Bonchev–Trinajstić information content (AvgIpc) is 3.01. The van der Waals surface area contributed by atoms with Crippen molar-refractivity contribution in [2.24, 2.45) is 5.92 Å². The minimum absolute atomic E-state index is 0.0203. The molecule has 2 aliphatic heterocycles. The van der Waals surface area contributed by atoms with Crippen LogP contribution in [0.4, 0.5) is 11.8 Å². The molecule has 0 atom stereocenters. The van der Waals surface area contributed by atoms with E-state index in [1.54, 1.807) is 41.4 Å². The Morgan fingerprint density at radius 1 is 1.10 bits per heavy atom. The maximum atomic E-state index is 13.1. The first kappa shape index (κ1) is 27.8. The first-order chi connectivity index (χ1) is 19.9. The molecule has 1 aromatic carbocycles. The lowest BCUT2D eigenvalue weighted by molar-refractivity contribution is -0.143. The topological polar surface area (TPSA) is 160 Å². The summed E-state index contributed by atoms with van der Waals surface area (Å²) < 4.78 is 16.8. The van der Waals surface area contributed by atoms with Gasteiger partial charge in [0.15, 0.2) is 0 Å². The number of carbonyl (C=O) groups excluding carboxylic acids is 1. The van der Waals surface area contributed by atoms with Crippen molar-refractivity contribution in [1.82, 2.24) is 19.9 Å². The maximum absolute atomic E-state index is 13.1. The molecule has 3 aromatic rings. The summed E-state index contributed by atoms with van der Waals surface area (Å²) in [6, 6.07) is 12.6. The summed E-state index contributed by atoms with van der Waals surface area (Å²) in [7, 11) is 1.43. The lowest BCUT2D eigenvalue weighted by atomic mass is 9.96. The molecule has 41 heavy (non-hydrogen) atoms. The van der Waals surface area contributed by atoms with Gasteiger partial charge in [-0.05, 0) is 49.2 Å². The van der Waals surface area contributed by atoms with Crippen LogP contribution in [0.2, 0.25) is 0 Å². The lowest BCUT2D eigenvalue weighted by Crippen LogP contribution is -2.40. The number of pyridine rings is 1. The quantitative estimate of drug-likeness (QED) is 0.415. The number of nitrogens with zero attached hydrogens (tertiary/aromatic N) is 5. The van der Waals surface area contributed by atoms with Gasteiger partial charge < -0.3 is 29.5 Å². The number of carboxylic acid groups (broad SMARTS) is 1. The first-order valence-corrected chi connectivity index (χ1v) is 13.4. The normalized spacial score (nSPS) is 16.0. The number of rotatable bonds is 8. The largest absolute Gasteiger partial charge is 0.489 e. The number of aromatic nitrogens is 3. The van der Waals surface area contributed by atoms with Gasteiger partial charge in [-0.1, -0.05) is 0 Å². The van der Waals surface area contributed by atoms with Crippen molar-refractivity contribution >= 4 is 23.6 Å². The molecule has 1 amide bonds. The van der Waals surface area contributed by atoms with Crippen LogP contribution in [-0.4, -0.2) is 76.4 Å². The second kappa shape index (κ2) is 12.6. The van der Waals surface area contributed by atoms with Crippen molar-refractivity contribution in [2.45, 2.75) is 31.8 Å². The average molecular weight is 559 g/mol. The molecule has 0 radical (unpaired) electrons. The molecule has 12 nitrogen and oxygen atoms in total. The molecule has 2 saturated heterocycles. The zero-order valence-corrected chi connectivity index (χ0v) is 22.6. The van der Waals surface area contributed by atoms with E-state index >= 15 is 0 Å². The van der Waals surface area contributed by atoms with Crippen molar-refractivity contribution < 1.29 is 28.9 Å². The summed E-state index contributed by atoms with van der Waals surface area (Å²) in [5, 5.41) is 22.0. The Labute approximate surface area is 236 Å². The molecule has 2 fully saturated rings. The van der Waals surface area contributed by atoms with E-state index in [1.165, 1.54) is 7.11 Å². The fraction of sp³-hybridized carbons (Fsp3) is 0.379. The minimum Gasteiger partial charge on any atom is -0.489 e. The molecule has 212 valence electrons. The highest BCUT2D eigenvalue weighted by Crippen LogP contribution is 2.29. The highest BCUT2D eigenvalue weighted by Gasteiger charge is 2.29. The van der Waals surface area contributed by atoms with E-state index < -0.39 is 11.9 Å². The SMILES string of the molecule is COc1nc(Nc2nccc(-c3ccc(OC4CCOCC4)c(C#N)c3)n2)ccc1C(=O)N1CCC(C(=O)O)CC1. The van der Waals surface area contributed by atoms with Gasteiger partial charge in [0.05, 0.1) is 37.5 Å². The summed E-state index contributed by atoms with van der Waals surface area (Å²) in [4.78, 5) is 39.2. The van der Waals surface area contributed by atoms with E-state index in [0.29, 0.717) is 62.0 Å². The highest BCUT2D eigenvalue weighted by atomic mass is 16.5. The van der Waals surface area contributed by atoms with E-state index in [2.05, 4.69) is 26.3 Å². The van der Waals surface area contributed by atoms with Crippen LogP contribution in [0.3, 0.4) is 0 Å². The fourth-order valence-electron chi connectivity index (χ4n) is 4.88. The van der Waals surface area contributed by atoms with Crippen LogP contribution < -0.4 is 14.8 Å². The van der Waals surface area contributed by atoms with Crippen LogP contribution >= 0.6 is 0 Å². The van der Waals surface area contributed by atoms with Crippen LogP contribution in [-0.2, 0) is 9.53 Å². The number of carboxylic acids is 1. The van der Waals surface area contributed by atoms with Gasteiger partial charge in [0, 0.05) is 37.7 Å². The molecule has 0 bridgehead atoms. The highest BCUT2D eigenvalue weighted by molar-refractivity contribution is 5.96. The third-order valence-electron chi connectivity index (χ3n) is 7.17. The van der Waals surface area contributed by atoms with E-state index in [4.69, 9.17) is 14.2 Å². The molecular weight excluding hydrogens is 528 g/mol. The number of nitrogens with one attached hydrogen (secondary N) is 1. The van der Waals surface area contributed by atoms with Crippen LogP contribution in [0.1, 0.15) is 41.6 Å². The molecule has 2 N–H and O–H groups in total. The Morgan fingerprint density at radius 3 is 2.59 bits per heavy atom. The summed E-state index contributed by atoms with van der Waals surface area (Å²) >= 11 is 0. The number of methoxy groups -OCH3 is 1. The second-order valence-corrected chi connectivity index (χ2v) is 9.80. The fourth-order valence-corrected chi connectivity index (χ4v) is 4.88. The minimum atomic E-state index is -0.833. The number of nitriles is 1. The van der Waals surface area contributed by atoms with Gasteiger partial charge in [0.25, 0.3) is 5.91 Å². The lowest BCUT2D eigenvalue weighted by Gasteiger charge is -2.30.